The van der Waals surface area contributed by atoms with Gasteiger partial charge in [0.25, 0.3) is 21.8 Å². The molecule has 9 nitrogen and oxygen atoms in total. The van der Waals surface area contributed by atoms with Crippen LogP contribution in [-0.2, 0) is 14.8 Å². The lowest BCUT2D eigenvalue weighted by atomic mass is 10.2. The van der Waals surface area contributed by atoms with Gasteiger partial charge in [-0.3, -0.25) is 25.2 Å². The fourth-order valence-corrected chi connectivity index (χ4v) is 5.22. The van der Waals surface area contributed by atoms with Gasteiger partial charge in [-0.2, -0.15) is 0 Å². The van der Waals surface area contributed by atoms with Gasteiger partial charge in [-0.05, 0) is 79.6 Å². The van der Waals surface area contributed by atoms with Crippen LogP contribution in [-0.4, -0.2) is 39.5 Å². The molecule has 2 amide bonds. The van der Waals surface area contributed by atoms with Crippen molar-refractivity contribution in [3.8, 4) is 5.75 Å². The Bertz CT molecular complexity index is 1380. The van der Waals surface area contributed by atoms with Crippen molar-refractivity contribution in [2.24, 2.45) is 0 Å². The van der Waals surface area contributed by atoms with E-state index in [1.54, 1.807) is 24.3 Å². The van der Waals surface area contributed by atoms with Gasteiger partial charge in [-0.25, -0.2) is 8.42 Å². The van der Waals surface area contributed by atoms with E-state index in [1.807, 2.05) is 0 Å². The molecule has 1 aliphatic rings. The van der Waals surface area contributed by atoms with E-state index in [-0.39, 0.29) is 32.8 Å². The maximum atomic E-state index is 12.8. The number of sulfonamides is 1. The van der Waals surface area contributed by atoms with Gasteiger partial charge in [0.2, 0.25) is 0 Å². The number of hydrazine groups is 1. The molecule has 4 rings (SSSR count). The third kappa shape index (κ3) is 7.14. The van der Waals surface area contributed by atoms with Crippen LogP contribution in [0.2, 0.25) is 10.0 Å². The Morgan fingerprint density at radius 2 is 1.57 bits per heavy atom. The van der Waals surface area contributed by atoms with Gasteiger partial charge in [0.05, 0.1) is 11.1 Å². The van der Waals surface area contributed by atoms with Gasteiger partial charge in [-0.15, -0.1) is 0 Å². The number of anilines is 1. The lowest BCUT2D eigenvalue weighted by molar-refractivity contribution is 0.0679. The Kier molecular flexibility index (Phi) is 8.55. The highest BCUT2D eigenvalue weighted by atomic mass is 35.5. The fourth-order valence-electron chi connectivity index (χ4n) is 3.50. The van der Waals surface area contributed by atoms with E-state index in [0.717, 1.165) is 25.5 Å². The molecule has 0 saturated carbocycles. The minimum atomic E-state index is -4.11. The average Bonchev–Trinajstić information content (AvgIpc) is 3.41. The minimum Gasteiger partial charge on any atom is -0.491 e. The predicted octanol–water partition coefficient (Wildman–Crippen LogP) is 4.43. The van der Waals surface area contributed by atoms with Crippen LogP contribution in [0.5, 0.6) is 5.75 Å². The quantitative estimate of drug-likeness (QED) is 0.348. The highest BCUT2D eigenvalue weighted by Gasteiger charge is 2.21. The Labute approximate surface area is 224 Å². The van der Waals surface area contributed by atoms with E-state index in [2.05, 4.69) is 15.6 Å². The summed E-state index contributed by atoms with van der Waals surface area (Å²) in [7, 11) is -4.11. The number of nitrogens with one attached hydrogen (secondary N) is 3. The van der Waals surface area contributed by atoms with E-state index < -0.39 is 21.8 Å². The third-order valence-electron chi connectivity index (χ3n) is 5.45. The molecule has 0 aromatic heterocycles. The molecule has 0 unspecified atom stereocenters. The van der Waals surface area contributed by atoms with Gasteiger partial charge in [0, 0.05) is 28.4 Å². The largest absolute Gasteiger partial charge is 0.491 e. The van der Waals surface area contributed by atoms with E-state index in [4.69, 9.17) is 32.7 Å². The van der Waals surface area contributed by atoms with E-state index in [9.17, 15) is 18.0 Å². The summed E-state index contributed by atoms with van der Waals surface area (Å²) < 4.78 is 39.2. The summed E-state index contributed by atoms with van der Waals surface area (Å²) >= 11 is 11.9. The maximum Gasteiger partial charge on any atom is 0.269 e. The predicted molar refractivity (Wildman–Crippen MR) is 140 cm³/mol. The van der Waals surface area contributed by atoms with Crippen molar-refractivity contribution in [2.45, 2.75) is 23.8 Å². The zero-order valence-electron chi connectivity index (χ0n) is 19.4. The number of rotatable bonds is 8. The standard InChI is InChI=1S/C25H23Cl2N3O6S/c26-18-6-8-19(9-7-18)30-37(33,34)23-14-17(5-12-22(23)27)25(32)29-28-24(31)16-3-10-20(11-4-16)36-15-21-2-1-13-35-21/h3-12,14,21,30H,1-2,13,15H2,(H,28,31)(H,29,32)/t21-/m1/s1. The molecule has 12 heteroatoms. The molecule has 3 aromatic rings. The lowest BCUT2D eigenvalue weighted by Gasteiger charge is -2.13. The van der Waals surface area contributed by atoms with Crippen LogP contribution in [0.1, 0.15) is 33.6 Å². The van der Waals surface area contributed by atoms with Crippen LogP contribution in [0.3, 0.4) is 0 Å². The van der Waals surface area contributed by atoms with Crippen molar-refractivity contribution in [3.05, 3.63) is 87.9 Å². The number of amides is 2. The SMILES string of the molecule is O=C(NNC(=O)c1ccc(Cl)c(S(=O)(=O)Nc2ccc(Cl)cc2)c1)c1ccc(OC[C@H]2CCCO2)cc1. The fraction of sp³-hybridized carbons (Fsp3) is 0.200. The number of carbonyl (C=O) groups excluding carboxylic acids is 2. The van der Waals surface area contributed by atoms with Crippen molar-refractivity contribution >= 4 is 50.7 Å². The smallest absolute Gasteiger partial charge is 0.269 e. The highest BCUT2D eigenvalue weighted by Crippen LogP contribution is 2.26. The Morgan fingerprint density at radius 1 is 0.919 bits per heavy atom. The topological polar surface area (TPSA) is 123 Å². The second kappa shape index (κ2) is 11.8. The number of hydrogen-bond donors (Lipinski definition) is 3. The molecule has 3 N–H and O–H groups in total. The van der Waals surface area contributed by atoms with Crippen molar-refractivity contribution in [1.29, 1.82) is 0 Å². The first-order chi connectivity index (χ1) is 17.7. The summed E-state index contributed by atoms with van der Waals surface area (Å²) in [6, 6.07) is 16.2. The molecule has 1 heterocycles. The average molecular weight is 564 g/mol. The normalized spacial score (nSPS) is 15.1. The summed E-state index contributed by atoms with van der Waals surface area (Å²) in [5.41, 5.74) is 5.10. The molecule has 1 fully saturated rings. The lowest BCUT2D eigenvalue weighted by Crippen LogP contribution is -2.41. The number of hydrogen-bond acceptors (Lipinski definition) is 6. The number of carbonyl (C=O) groups is 2. The van der Waals surface area contributed by atoms with Gasteiger partial charge in [0.15, 0.2) is 0 Å². The van der Waals surface area contributed by atoms with Crippen LogP contribution in [0.4, 0.5) is 5.69 Å². The molecule has 0 radical (unpaired) electrons. The summed E-state index contributed by atoms with van der Waals surface area (Å²) in [5, 5.41) is 0.365. The second-order valence-electron chi connectivity index (χ2n) is 8.14. The van der Waals surface area contributed by atoms with E-state index in [1.165, 1.54) is 36.4 Å². The van der Waals surface area contributed by atoms with Crippen LogP contribution >= 0.6 is 23.2 Å². The molecular weight excluding hydrogens is 541 g/mol. The molecule has 1 saturated heterocycles. The Morgan fingerprint density at radius 3 is 2.22 bits per heavy atom. The van der Waals surface area contributed by atoms with Gasteiger partial charge < -0.3 is 9.47 Å². The first-order valence-corrected chi connectivity index (χ1v) is 13.5. The summed E-state index contributed by atoms with van der Waals surface area (Å²) in [4.78, 5) is 24.7. The second-order valence-corrected chi connectivity index (χ2v) is 10.6. The molecular formula is C25H23Cl2N3O6S. The molecule has 1 atom stereocenters. The number of ether oxygens (including phenoxy) is 2. The first-order valence-electron chi connectivity index (χ1n) is 11.2. The monoisotopic (exact) mass is 563 g/mol. The molecule has 0 bridgehead atoms. The first kappa shape index (κ1) is 26.7. The molecule has 0 aliphatic carbocycles. The van der Waals surface area contributed by atoms with Gasteiger partial charge in [0.1, 0.15) is 17.3 Å². The summed E-state index contributed by atoms with van der Waals surface area (Å²) in [5.74, 6) is -0.701. The van der Waals surface area contributed by atoms with Crippen LogP contribution in [0.15, 0.2) is 71.6 Å². The summed E-state index contributed by atoms with van der Waals surface area (Å²) in [6.45, 7) is 1.18. The summed E-state index contributed by atoms with van der Waals surface area (Å²) in [6.07, 6.45) is 2.06. The highest BCUT2D eigenvalue weighted by molar-refractivity contribution is 7.92. The van der Waals surface area contributed by atoms with Crippen LogP contribution < -0.4 is 20.3 Å². The molecule has 0 spiro atoms. The molecule has 37 heavy (non-hydrogen) atoms. The van der Waals surface area contributed by atoms with Crippen molar-refractivity contribution in [2.75, 3.05) is 17.9 Å². The zero-order chi connectivity index (χ0) is 26.4. The minimum absolute atomic E-state index is 0.0286. The number of benzene rings is 3. The third-order valence-corrected chi connectivity index (χ3v) is 7.56. The molecule has 1 aliphatic heterocycles. The van der Waals surface area contributed by atoms with Crippen LogP contribution in [0.25, 0.3) is 0 Å². The van der Waals surface area contributed by atoms with Crippen molar-refractivity contribution < 1.29 is 27.5 Å². The molecule has 3 aromatic carbocycles. The van der Waals surface area contributed by atoms with E-state index in [0.29, 0.717) is 17.4 Å². The van der Waals surface area contributed by atoms with E-state index >= 15 is 0 Å². The zero-order valence-corrected chi connectivity index (χ0v) is 21.7. The Hall–Kier alpha value is -3.31. The van der Waals surface area contributed by atoms with Crippen LogP contribution in [0, 0.1) is 0 Å². The van der Waals surface area contributed by atoms with Crippen molar-refractivity contribution in [3.63, 3.8) is 0 Å². The Balaban J connectivity index is 1.35. The van der Waals surface area contributed by atoms with Gasteiger partial charge >= 0.3 is 0 Å². The van der Waals surface area contributed by atoms with Crippen molar-refractivity contribution in [1.82, 2.24) is 10.9 Å². The molecule has 194 valence electrons. The maximum absolute atomic E-state index is 12.8. The van der Waals surface area contributed by atoms with Gasteiger partial charge in [-0.1, -0.05) is 23.2 Å². The number of halogens is 2.